The highest BCUT2D eigenvalue weighted by Crippen LogP contribution is 2.26. The van der Waals surface area contributed by atoms with Crippen molar-refractivity contribution in [3.8, 4) is 0 Å². The molecule has 1 unspecified atom stereocenters. The molecule has 1 aromatic carbocycles. The molecule has 2 heterocycles. The Kier molecular flexibility index (Phi) is 5.77. The number of carbonyl (C=O) groups is 2. The maximum Gasteiger partial charge on any atom is 0.410 e. The number of hydrogen-bond donors (Lipinski definition) is 1. The second kappa shape index (κ2) is 8.24. The van der Waals surface area contributed by atoms with Crippen LogP contribution in [0.3, 0.4) is 0 Å². The highest BCUT2D eigenvalue weighted by atomic mass is 16.7. The molecule has 1 atom stereocenters. The molecule has 148 valence electrons. The lowest BCUT2D eigenvalue weighted by atomic mass is 10.1. The van der Waals surface area contributed by atoms with Gasteiger partial charge in [0.05, 0.1) is 29.6 Å². The second-order valence-corrected chi connectivity index (χ2v) is 7.00. The lowest BCUT2D eigenvalue weighted by Gasteiger charge is -2.14. The van der Waals surface area contributed by atoms with Crippen LogP contribution in [0.15, 0.2) is 30.6 Å². The number of alkyl carbamates (subject to hydrolysis) is 1. The molecule has 0 bridgehead atoms. The van der Waals surface area contributed by atoms with Crippen molar-refractivity contribution in [3.05, 3.63) is 36.3 Å². The highest BCUT2D eigenvalue weighted by Gasteiger charge is 2.16. The maximum absolute atomic E-state index is 12.0. The Balaban J connectivity index is 1.87. The molecule has 0 radical (unpaired) electrons. The van der Waals surface area contributed by atoms with Crippen LogP contribution in [0.1, 0.15) is 33.4 Å². The lowest BCUT2D eigenvalue weighted by Crippen LogP contribution is -2.29. The van der Waals surface area contributed by atoms with Crippen molar-refractivity contribution in [2.24, 2.45) is 5.92 Å². The van der Waals surface area contributed by atoms with Crippen molar-refractivity contribution in [3.63, 3.8) is 0 Å². The molecule has 1 N–H and O–H groups in total. The Morgan fingerprint density at radius 1 is 1.18 bits per heavy atom. The molecule has 0 aliphatic heterocycles. The number of amides is 1. The van der Waals surface area contributed by atoms with Crippen molar-refractivity contribution < 1.29 is 19.1 Å². The zero-order valence-electron chi connectivity index (χ0n) is 16.4. The summed E-state index contributed by atoms with van der Waals surface area (Å²) >= 11 is 0. The molecular formula is C20H24N4O4. The van der Waals surface area contributed by atoms with E-state index >= 15 is 0 Å². The standard InChI is InChI=1S/C20H24N4O4/c1-12(2)10-24-11-22-18-17(9-21-20(26)28-14(4)27-13(3)25)23-16-8-6-5-7-15(16)19(18)24/h5-8,11-12,14H,9-10H2,1-4H3,(H,21,26). The average molecular weight is 384 g/mol. The van der Waals surface area contributed by atoms with E-state index in [1.807, 2.05) is 30.6 Å². The van der Waals surface area contributed by atoms with Gasteiger partial charge >= 0.3 is 12.1 Å². The molecule has 0 spiro atoms. The highest BCUT2D eigenvalue weighted by molar-refractivity contribution is 6.03. The summed E-state index contributed by atoms with van der Waals surface area (Å²) in [6.45, 7) is 8.00. The molecule has 28 heavy (non-hydrogen) atoms. The fraction of sp³-hybridized carbons (Fsp3) is 0.400. The fourth-order valence-electron chi connectivity index (χ4n) is 3.11. The van der Waals surface area contributed by atoms with Crippen LogP contribution in [0.4, 0.5) is 4.79 Å². The first kappa shape index (κ1) is 19.6. The van der Waals surface area contributed by atoms with Crippen molar-refractivity contribution in [2.75, 3.05) is 0 Å². The van der Waals surface area contributed by atoms with Crippen molar-refractivity contribution >= 4 is 34.0 Å². The normalized spacial score (nSPS) is 12.3. The minimum atomic E-state index is -0.965. The lowest BCUT2D eigenvalue weighted by molar-refractivity contribution is -0.162. The number of nitrogens with zero attached hydrogens (tertiary/aromatic N) is 3. The zero-order chi connectivity index (χ0) is 20.3. The zero-order valence-corrected chi connectivity index (χ0v) is 16.4. The van der Waals surface area contributed by atoms with Gasteiger partial charge in [-0.15, -0.1) is 0 Å². The Morgan fingerprint density at radius 3 is 2.64 bits per heavy atom. The van der Waals surface area contributed by atoms with Crippen molar-refractivity contribution in [2.45, 2.75) is 47.1 Å². The van der Waals surface area contributed by atoms with Gasteiger partial charge in [-0.05, 0) is 12.0 Å². The largest absolute Gasteiger partial charge is 0.426 e. The molecule has 0 saturated heterocycles. The molecule has 0 aliphatic rings. The van der Waals surface area contributed by atoms with Crippen LogP contribution >= 0.6 is 0 Å². The number of para-hydroxylation sites is 1. The van der Waals surface area contributed by atoms with E-state index in [2.05, 4.69) is 33.7 Å². The Labute approximate surface area is 162 Å². The number of rotatable bonds is 6. The summed E-state index contributed by atoms with van der Waals surface area (Å²) in [5.74, 6) is -0.0578. The van der Waals surface area contributed by atoms with E-state index in [0.717, 1.165) is 28.5 Å². The van der Waals surface area contributed by atoms with Gasteiger partial charge in [-0.3, -0.25) is 4.79 Å². The molecule has 3 aromatic rings. The summed E-state index contributed by atoms with van der Waals surface area (Å²) in [4.78, 5) is 32.1. The minimum absolute atomic E-state index is 0.144. The van der Waals surface area contributed by atoms with Crippen LogP contribution in [-0.4, -0.2) is 32.9 Å². The number of esters is 1. The van der Waals surface area contributed by atoms with Gasteiger partial charge in [0, 0.05) is 25.8 Å². The number of pyridine rings is 1. The summed E-state index contributed by atoms with van der Waals surface area (Å²) < 4.78 is 11.9. The molecule has 0 fully saturated rings. The SMILES string of the molecule is CC(=O)OC(C)OC(=O)NCc1nc2ccccc2c2c1ncn2CC(C)C. The van der Waals surface area contributed by atoms with E-state index < -0.39 is 18.4 Å². The predicted octanol–water partition coefficient (Wildman–Crippen LogP) is 3.38. The van der Waals surface area contributed by atoms with Crippen molar-refractivity contribution in [1.29, 1.82) is 0 Å². The van der Waals surface area contributed by atoms with E-state index in [-0.39, 0.29) is 6.54 Å². The van der Waals surface area contributed by atoms with Gasteiger partial charge in [0.2, 0.25) is 6.29 Å². The molecular weight excluding hydrogens is 360 g/mol. The van der Waals surface area contributed by atoms with Gasteiger partial charge in [-0.25, -0.2) is 14.8 Å². The van der Waals surface area contributed by atoms with Gasteiger partial charge in [-0.2, -0.15) is 0 Å². The smallest absolute Gasteiger partial charge is 0.410 e. The third-order valence-electron chi connectivity index (χ3n) is 4.09. The predicted molar refractivity (Wildman–Crippen MR) is 104 cm³/mol. The summed E-state index contributed by atoms with van der Waals surface area (Å²) in [5.41, 5.74) is 3.22. The van der Waals surface area contributed by atoms with Crippen molar-refractivity contribution in [1.82, 2.24) is 19.9 Å². The third kappa shape index (κ3) is 4.39. The number of benzene rings is 1. The summed E-state index contributed by atoms with van der Waals surface area (Å²) in [6, 6.07) is 7.86. The Morgan fingerprint density at radius 2 is 1.93 bits per heavy atom. The first-order chi connectivity index (χ1) is 13.3. The van der Waals surface area contributed by atoms with Crippen LogP contribution in [-0.2, 0) is 27.4 Å². The number of aromatic nitrogens is 3. The Hall–Kier alpha value is -3.16. The Bertz CT molecular complexity index is 1010. The van der Waals surface area contributed by atoms with Gasteiger partial charge in [0.1, 0.15) is 5.52 Å². The topological polar surface area (TPSA) is 95.3 Å². The molecule has 2 aromatic heterocycles. The van der Waals surface area contributed by atoms with Gasteiger partial charge in [0.15, 0.2) is 0 Å². The average Bonchev–Trinajstić information content (AvgIpc) is 3.02. The van der Waals surface area contributed by atoms with E-state index in [0.29, 0.717) is 11.6 Å². The van der Waals surface area contributed by atoms with Gasteiger partial charge < -0.3 is 19.4 Å². The molecule has 8 nitrogen and oxygen atoms in total. The molecule has 8 heteroatoms. The number of nitrogens with one attached hydrogen (secondary N) is 1. The molecule has 3 rings (SSSR count). The van der Waals surface area contributed by atoms with Crippen LogP contribution in [0, 0.1) is 5.92 Å². The number of carbonyl (C=O) groups excluding carboxylic acids is 2. The second-order valence-electron chi connectivity index (χ2n) is 7.00. The van der Waals surface area contributed by atoms with Gasteiger partial charge in [-0.1, -0.05) is 32.0 Å². The van der Waals surface area contributed by atoms with E-state index in [1.165, 1.54) is 13.8 Å². The molecule has 0 saturated carbocycles. The fourth-order valence-corrected chi connectivity index (χ4v) is 3.11. The first-order valence-electron chi connectivity index (χ1n) is 9.19. The monoisotopic (exact) mass is 384 g/mol. The summed E-state index contributed by atoms with van der Waals surface area (Å²) in [6.07, 6.45) is 0.148. The number of imidazole rings is 1. The van der Waals surface area contributed by atoms with E-state index in [1.54, 1.807) is 0 Å². The number of ether oxygens (including phenoxy) is 2. The maximum atomic E-state index is 12.0. The van der Waals surface area contributed by atoms with Crippen LogP contribution < -0.4 is 5.32 Å². The van der Waals surface area contributed by atoms with Crippen LogP contribution in [0.5, 0.6) is 0 Å². The van der Waals surface area contributed by atoms with E-state index in [9.17, 15) is 9.59 Å². The van der Waals surface area contributed by atoms with Gasteiger partial charge in [0.25, 0.3) is 0 Å². The minimum Gasteiger partial charge on any atom is -0.426 e. The summed E-state index contributed by atoms with van der Waals surface area (Å²) in [7, 11) is 0. The number of fused-ring (bicyclic) bond motifs is 3. The van der Waals surface area contributed by atoms with Crippen LogP contribution in [0.25, 0.3) is 21.9 Å². The van der Waals surface area contributed by atoms with E-state index in [4.69, 9.17) is 9.47 Å². The summed E-state index contributed by atoms with van der Waals surface area (Å²) in [5, 5.41) is 3.66. The first-order valence-corrected chi connectivity index (χ1v) is 9.19. The molecule has 0 aliphatic carbocycles. The molecule has 1 amide bonds. The third-order valence-corrected chi connectivity index (χ3v) is 4.09. The number of hydrogen-bond acceptors (Lipinski definition) is 6. The van der Waals surface area contributed by atoms with Crippen LogP contribution in [0.2, 0.25) is 0 Å². The quantitative estimate of drug-likeness (QED) is 0.517.